The fourth-order valence-electron chi connectivity index (χ4n) is 2.97. The van der Waals surface area contributed by atoms with E-state index in [4.69, 9.17) is 14.9 Å². The largest absolute Gasteiger partial charge is 0.496 e. The van der Waals surface area contributed by atoms with Crippen LogP contribution in [0.15, 0.2) is 65.1 Å². The van der Waals surface area contributed by atoms with E-state index in [0.29, 0.717) is 39.6 Å². The number of fused-ring (bicyclic) bond motifs is 1. The highest BCUT2D eigenvalue weighted by Gasteiger charge is 2.30. The molecule has 4 rings (SSSR count). The highest BCUT2D eigenvalue weighted by Crippen LogP contribution is 2.35. The van der Waals surface area contributed by atoms with Gasteiger partial charge in [-0.1, -0.05) is 18.2 Å². The first-order valence-electron chi connectivity index (χ1n) is 8.37. The number of rotatable bonds is 3. The third kappa shape index (κ3) is 3.26. The van der Waals surface area contributed by atoms with Gasteiger partial charge in [-0.25, -0.2) is 4.98 Å². The Bertz CT molecular complexity index is 1150. The number of methoxy groups -OCH3 is 1. The van der Waals surface area contributed by atoms with E-state index in [1.54, 1.807) is 43.5 Å². The monoisotopic (exact) mass is 384 g/mol. The second-order valence-electron chi connectivity index (χ2n) is 6.24. The smallest absolute Gasteiger partial charge is 0.416 e. The Labute approximate surface area is 158 Å². The third-order valence-corrected chi connectivity index (χ3v) is 4.39. The van der Waals surface area contributed by atoms with Gasteiger partial charge >= 0.3 is 6.18 Å². The second-order valence-corrected chi connectivity index (χ2v) is 6.24. The molecule has 0 spiro atoms. The van der Waals surface area contributed by atoms with Crippen LogP contribution in [0.3, 0.4) is 0 Å². The lowest BCUT2D eigenvalue weighted by Gasteiger charge is -2.07. The summed E-state index contributed by atoms with van der Waals surface area (Å²) in [6.07, 6.45) is -4.36. The SMILES string of the molecule is COc1ccc(N)cc1-c1nc2cc(-c3ccc(C(F)(F)F)cc3)ccc2o1. The van der Waals surface area contributed by atoms with Crippen LogP contribution >= 0.6 is 0 Å². The minimum absolute atomic E-state index is 0.351. The summed E-state index contributed by atoms with van der Waals surface area (Å²) >= 11 is 0. The van der Waals surface area contributed by atoms with Crippen LogP contribution in [0.4, 0.5) is 18.9 Å². The van der Waals surface area contributed by atoms with Gasteiger partial charge in [0.15, 0.2) is 5.58 Å². The summed E-state index contributed by atoms with van der Waals surface area (Å²) in [5.41, 5.74) is 8.85. The number of hydrogen-bond donors (Lipinski definition) is 1. The molecular weight excluding hydrogens is 369 g/mol. The van der Waals surface area contributed by atoms with Crippen molar-refractivity contribution in [3.8, 4) is 28.3 Å². The molecule has 28 heavy (non-hydrogen) atoms. The molecule has 3 aromatic carbocycles. The molecule has 0 aliphatic heterocycles. The van der Waals surface area contributed by atoms with Gasteiger partial charge in [-0.3, -0.25) is 0 Å². The van der Waals surface area contributed by atoms with Crippen LogP contribution in [0, 0.1) is 0 Å². The minimum atomic E-state index is -4.36. The van der Waals surface area contributed by atoms with Crippen molar-refractivity contribution in [3.63, 3.8) is 0 Å². The zero-order valence-corrected chi connectivity index (χ0v) is 14.7. The summed E-state index contributed by atoms with van der Waals surface area (Å²) in [5.74, 6) is 0.924. The number of benzene rings is 3. The number of nitrogens with two attached hydrogens (primary N) is 1. The fourth-order valence-corrected chi connectivity index (χ4v) is 2.97. The minimum Gasteiger partial charge on any atom is -0.496 e. The van der Waals surface area contributed by atoms with E-state index in [1.807, 2.05) is 0 Å². The summed E-state index contributed by atoms with van der Waals surface area (Å²) < 4.78 is 49.4. The van der Waals surface area contributed by atoms with Crippen molar-refractivity contribution < 1.29 is 22.3 Å². The number of halogens is 3. The number of hydrogen-bond acceptors (Lipinski definition) is 4. The highest BCUT2D eigenvalue weighted by molar-refractivity contribution is 5.83. The number of alkyl halides is 3. The maximum absolute atomic E-state index is 12.7. The summed E-state index contributed by atoms with van der Waals surface area (Å²) in [4.78, 5) is 4.49. The Morgan fingerprint density at radius 2 is 1.64 bits per heavy atom. The van der Waals surface area contributed by atoms with Gasteiger partial charge in [0.2, 0.25) is 5.89 Å². The van der Waals surface area contributed by atoms with Crippen molar-refractivity contribution >= 4 is 16.8 Å². The van der Waals surface area contributed by atoms with E-state index >= 15 is 0 Å². The topological polar surface area (TPSA) is 61.3 Å². The predicted octanol–water partition coefficient (Wildman–Crippen LogP) is 5.77. The number of aromatic nitrogens is 1. The van der Waals surface area contributed by atoms with Crippen molar-refractivity contribution in [1.29, 1.82) is 0 Å². The van der Waals surface area contributed by atoms with Gasteiger partial charge in [0, 0.05) is 5.69 Å². The molecule has 0 unspecified atom stereocenters. The van der Waals surface area contributed by atoms with E-state index in [2.05, 4.69) is 4.98 Å². The lowest BCUT2D eigenvalue weighted by atomic mass is 10.0. The van der Waals surface area contributed by atoms with Crippen molar-refractivity contribution in [1.82, 2.24) is 4.98 Å². The average molecular weight is 384 g/mol. The lowest BCUT2D eigenvalue weighted by molar-refractivity contribution is -0.137. The molecule has 0 aliphatic rings. The van der Waals surface area contributed by atoms with Crippen LogP contribution in [0.5, 0.6) is 5.75 Å². The number of nitrogen functional groups attached to an aromatic ring is 1. The molecule has 1 aromatic heterocycles. The van der Waals surface area contributed by atoms with Gasteiger partial charge in [0.25, 0.3) is 0 Å². The number of nitrogens with zero attached hydrogens (tertiary/aromatic N) is 1. The van der Waals surface area contributed by atoms with Crippen molar-refractivity contribution in [2.45, 2.75) is 6.18 Å². The Balaban J connectivity index is 1.74. The Morgan fingerprint density at radius 3 is 2.32 bits per heavy atom. The van der Waals surface area contributed by atoms with Gasteiger partial charge in [-0.2, -0.15) is 13.2 Å². The average Bonchev–Trinajstić information content (AvgIpc) is 3.10. The number of anilines is 1. The highest BCUT2D eigenvalue weighted by atomic mass is 19.4. The molecule has 4 aromatic rings. The molecule has 142 valence electrons. The molecule has 1 heterocycles. The Hall–Kier alpha value is -3.48. The van der Waals surface area contributed by atoms with Gasteiger partial charge in [-0.05, 0) is 53.6 Å². The van der Waals surface area contributed by atoms with Gasteiger partial charge < -0.3 is 14.9 Å². The molecule has 0 aliphatic carbocycles. The molecule has 0 radical (unpaired) electrons. The predicted molar refractivity (Wildman–Crippen MR) is 101 cm³/mol. The normalized spacial score (nSPS) is 11.7. The number of ether oxygens (including phenoxy) is 1. The molecule has 7 heteroatoms. The summed E-state index contributed by atoms with van der Waals surface area (Å²) in [5, 5.41) is 0. The van der Waals surface area contributed by atoms with Crippen LogP contribution in [0.25, 0.3) is 33.7 Å². The van der Waals surface area contributed by atoms with Gasteiger partial charge in [0.1, 0.15) is 11.3 Å². The van der Waals surface area contributed by atoms with E-state index in [9.17, 15) is 13.2 Å². The molecule has 4 nitrogen and oxygen atoms in total. The molecule has 0 bridgehead atoms. The quantitative estimate of drug-likeness (QED) is 0.456. The van der Waals surface area contributed by atoms with Crippen LogP contribution in [-0.2, 0) is 6.18 Å². The van der Waals surface area contributed by atoms with Gasteiger partial charge in [-0.15, -0.1) is 0 Å². The molecule has 0 atom stereocenters. The van der Waals surface area contributed by atoms with Crippen LogP contribution in [-0.4, -0.2) is 12.1 Å². The fraction of sp³-hybridized carbons (Fsp3) is 0.0952. The van der Waals surface area contributed by atoms with Crippen LogP contribution in [0.2, 0.25) is 0 Å². The Morgan fingerprint density at radius 1 is 0.929 bits per heavy atom. The van der Waals surface area contributed by atoms with E-state index in [-0.39, 0.29) is 0 Å². The molecule has 2 N–H and O–H groups in total. The summed E-state index contributed by atoms with van der Waals surface area (Å²) in [7, 11) is 1.54. The molecule has 0 saturated heterocycles. The van der Waals surface area contributed by atoms with Crippen LogP contribution in [0.1, 0.15) is 5.56 Å². The van der Waals surface area contributed by atoms with E-state index in [1.165, 1.54) is 12.1 Å². The zero-order valence-electron chi connectivity index (χ0n) is 14.7. The first-order valence-corrected chi connectivity index (χ1v) is 8.37. The first kappa shape index (κ1) is 17.9. The third-order valence-electron chi connectivity index (χ3n) is 4.39. The van der Waals surface area contributed by atoms with Crippen molar-refractivity contribution in [3.05, 3.63) is 66.2 Å². The molecular formula is C21H15F3N2O2. The number of oxazole rings is 1. The molecule has 0 amide bonds. The molecule has 0 fully saturated rings. The summed E-state index contributed by atoms with van der Waals surface area (Å²) in [6.45, 7) is 0. The van der Waals surface area contributed by atoms with Gasteiger partial charge in [0.05, 0.1) is 18.2 Å². The maximum atomic E-state index is 12.7. The zero-order chi connectivity index (χ0) is 19.9. The molecule has 0 saturated carbocycles. The first-order chi connectivity index (χ1) is 13.3. The summed E-state index contributed by atoms with van der Waals surface area (Å²) in [6, 6.07) is 15.4. The Kier molecular flexibility index (Phi) is 4.22. The van der Waals surface area contributed by atoms with Crippen molar-refractivity contribution in [2.24, 2.45) is 0 Å². The van der Waals surface area contributed by atoms with Crippen LogP contribution < -0.4 is 10.5 Å². The lowest BCUT2D eigenvalue weighted by Crippen LogP contribution is -2.03. The maximum Gasteiger partial charge on any atom is 0.416 e. The van der Waals surface area contributed by atoms with E-state index < -0.39 is 11.7 Å². The standard InChI is InChI=1S/C21H15F3N2O2/c1-27-18-9-7-15(25)11-16(18)20-26-17-10-13(4-8-19(17)28-20)12-2-5-14(6-3-12)21(22,23)24/h2-11H,25H2,1H3. The van der Waals surface area contributed by atoms with E-state index in [0.717, 1.165) is 17.7 Å². The van der Waals surface area contributed by atoms with Crippen molar-refractivity contribution in [2.75, 3.05) is 12.8 Å². The second kappa shape index (κ2) is 6.60.